The maximum atomic E-state index is 12.6. The van der Waals surface area contributed by atoms with Gasteiger partial charge in [-0.1, -0.05) is 12.1 Å². The van der Waals surface area contributed by atoms with Gasteiger partial charge in [-0.05, 0) is 63.0 Å². The summed E-state index contributed by atoms with van der Waals surface area (Å²) in [5.74, 6) is 0.598. The molecule has 0 aromatic heterocycles. The topological polar surface area (TPSA) is 76.0 Å². The fraction of sp³-hybridized carbons (Fsp3) is 0.650. The number of β-amino-alcohol motifs (C(OH)–C–C–N with tert-alkyl or cyclic N) is 1. The highest BCUT2D eigenvalue weighted by Gasteiger charge is 2.28. The monoisotopic (exact) mass is 361 g/mol. The number of nitrogens with zero attached hydrogens (tertiary/aromatic N) is 2. The van der Waals surface area contributed by atoms with Crippen LogP contribution in [0.4, 0.5) is 0 Å². The number of aromatic hydroxyl groups is 1. The van der Waals surface area contributed by atoms with Crippen molar-refractivity contribution < 1.29 is 15.0 Å². The van der Waals surface area contributed by atoms with Crippen LogP contribution in [0, 0.1) is 5.92 Å². The maximum absolute atomic E-state index is 12.6. The molecular formula is C20H31N3O3. The van der Waals surface area contributed by atoms with Gasteiger partial charge in [0.05, 0.1) is 6.61 Å². The van der Waals surface area contributed by atoms with Crippen LogP contribution >= 0.6 is 0 Å². The van der Waals surface area contributed by atoms with Crippen molar-refractivity contribution in [2.24, 2.45) is 5.92 Å². The number of phenolic OH excluding ortho intramolecular Hbond substituents is 1. The number of rotatable bonds is 6. The number of carbonyl (C=O) groups is 1. The third-order valence-corrected chi connectivity index (χ3v) is 5.54. The van der Waals surface area contributed by atoms with E-state index in [1.165, 1.54) is 0 Å². The summed E-state index contributed by atoms with van der Waals surface area (Å²) in [6.45, 7) is 5.39. The van der Waals surface area contributed by atoms with Gasteiger partial charge in [0.15, 0.2) is 0 Å². The average Bonchev–Trinajstić information content (AvgIpc) is 2.63. The fourth-order valence-electron chi connectivity index (χ4n) is 4.11. The highest BCUT2D eigenvalue weighted by atomic mass is 16.3. The summed E-state index contributed by atoms with van der Waals surface area (Å²) in [5.41, 5.74) is 1.10. The van der Waals surface area contributed by atoms with Crippen LogP contribution in [0.5, 0.6) is 5.75 Å². The molecule has 144 valence electrons. The molecule has 1 aromatic carbocycles. The molecule has 1 aromatic rings. The SMILES string of the molecule is O=C(N[C@@H]1CCCN(Cc2cccc(O)c2)C1)C1CCN(CCO)CC1. The number of benzene rings is 1. The van der Waals surface area contributed by atoms with Crippen molar-refractivity contribution in [2.75, 3.05) is 39.3 Å². The van der Waals surface area contributed by atoms with Gasteiger partial charge < -0.3 is 20.4 Å². The van der Waals surface area contributed by atoms with E-state index in [9.17, 15) is 9.90 Å². The molecular weight excluding hydrogens is 330 g/mol. The average molecular weight is 361 g/mol. The van der Waals surface area contributed by atoms with Gasteiger partial charge in [0.1, 0.15) is 5.75 Å². The molecule has 2 heterocycles. The zero-order valence-corrected chi connectivity index (χ0v) is 15.4. The number of amides is 1. The van der Waals surface area contributed by atoms with Gasteiger partial charge in [0, 0.05) is 31.6 Å². The lowest BCUT2D eigenvalue weighted by atomic mass is 9.95. The van der Waals surface area contributed by atoms with Crippen LogP contribution in [-0.2, 0) is 11.3 Å². The fourth-order valence-corrected chi connectivity index (χ4v) is 4.11. The molecule has 3 rings (SSSR count). The Balaban J connectivity index is 1.45. The molecule has 0 radical (unpaired) electrons. The van der Waals surface area contributed by atoms with Crippen molar-refractivity contribution in [3.8, 4) is 5.75 Å². The third kappa shape index (κ3) is 5.43. The van der Waals surface area contributed by atoms with Gasteiger partial charge in [0.25, 0.3) is 0 Å². The van der Waals surface area contributed by atoms with Crippen molar-refractivity contribution in [1.29, 1.82) is 0 Å². The zero-order chi connectivity index (χ0) is 18.4. The second-order valence-corrected chi connectivity index (χ2v) is 7.59. The first-order chi connectivity index (χ1) is 12.6. The van der Waals surface area contributed by atoms with Crippen LogP contribution in [0.3, 0.4) is 0 Å². The number of aliphatic hydroxyl groups excluding tert-OH is 1. The van der Waals surface area contributed by atoms with E-state index >= 15 is 0 Å². The Kier molecular flexibility index (Phi) is 6.88. The first-order valence-corrected chi connectivity index (χ1v) is 9.78. The Hall–Kier alpha value is -1.63. The first-order valence-electron chi connectivity index (χ1n) is 9.78. The Morgan fingerprint density at radius 1 is 1.15 bits per heavy atom. The summed E-state index contributed by atoms with van der Waals surface area (Å²) in [5, 5.41) is 21.9. The Bertz CT molecular complexity index is 587. The number of aliphatic hydroxyl groups is 1. The number of carbonyl (C=O) groups excluding carboxylic acids is 1. The van der Waals surface area contributed by atoms with Gasteiger partial charge in [-0.2, -0.15) is 0 Å². The first kappa shape index (κ1) is 19.1. The predicted octanol–water partition coefficient (Wildman–Crippen LogP) is 1.18. The van der Waals surface area contributed by atoms with Crippen molar-refractivity contribution >= 4 is 5.91 Å². The highest BCUT2D eigenvalue weighted by Crippen LogP contribution is 2.20. The number of nitrogens with one attached hydrogen (secondary N) is 1. The van der Waals surface area contributed by atoms with E-state index < -0.39 is 0 Å². The van der Waals surface area contributed by atoms with E-state index in [1.54, 1.807) is 6.07 Å². The van der Waals surface area contributed by atoms with E-state index in [0.29, 0.717) is 12.3 Å². The minimum atomic E-state index is 0.103. The smallest absolute Gasteiger partial charge is 0.223 e. The molecule has 0 saturated carbocycles. The standard InChI is InChI=1S/C20H31N3O3/c24-12-11-22-9-6-17(7-10-22)20(26)21-18-4-2-8-23(15-18)14-16-3-1-5-19(25)13-16/h1,3,5,13,17-18,24-25H,2,4,6-12,14-15H2,(H,21,26)/t18-/m1/s1. The molecule has 2 saturated heterocycles. The van der Waals surface area contributed by atoms with Crippen LogP contribution in [0.2, 0.25) is 0 Å². The quantitative estimate of drug-likeness (QED) is 0.709. The van der Waals surface area contributed by atoms with Crippen LogP contribution in [0.1, 0.15) is 31.2 Å². The number of likely N-dealkylation sites (tertiary alicyclic amines) is 2. The molecule has 6 heteroatoms. The van der Waals surface area contributed by atoms with E-state index in [0.717, 1.165) is 64.0 Å². The van der Waals surface area contributed by atoms with E-state index in [4.69, 9.17) is 5.11 Å². The van der Waals surface area contributed by atoms with E-state index in [-0.39, 0.29) is 24.5 Å². The maximum Gasteiger partial charge on any atom is 0.223 e. The molecule has 1 amide bonds. The number of hydrogen-bond donors (Lipinski definition) is 3. The van der Waals surface area contributed by atoms with Crippen LogP contribution in [0.25, 0.3) is 0 Å². The Morgan fingerprint density at radius 3 is 2.69 bits per heavy atom. The molecule has 2 fully saturated rings. The van der Waals surface area contributed by atoms with Crippen LogP contribution < -0.4 is 5.32 Å². The number of hydrogen-bond acceptors (Lipinski definition) is 5. The summed E-state index contributed by atoms with van der Waals surface area (Å²) < 4.78 is 0. The molecule has 2 aliphatic rings. The molecule has 0 unspecified atom stereocenters. The second kappa shape index (κ2) is 9.35. The summed E-state index contributed by atoms with van der Waals surface area (Å²) in [4.78, 5) is 17.2. The van der Waals surface area contributed by atoms with Crippen molar-refractivity contribution in [1.82, 2.24) is 15.1 Å². The summed E-state index contributed by atoms with van der Waals surface area (Å²) >= 11 is 0. The van der Waals surface area contributed by atoms with Crippen molar-refractivity contribution in [3.63, 3.8) is 0 Å². The summed E-state index contributed by atoms with van der Waals surface area (Å²) in [7, 11) is 0. The molecule has 26 heavy (non-hydrogen) atoms. The lowest BCUT2D eigenvalue weighted by Gasteiger charge is -2.35. The zero-order valence-electron chi connectivity index (χ0n) is 15.4. The molecule has 0 spiro atoms. The lowest BCUT2D eigenvalue weighted by Crippen LogP contribution is -2.50. The van der Waals surface area contributed by atoms with Gasteiger partial charge in [-0.25, -0.2) is 0 Å². The van der Waals surface area contributed by atoms with Crippen LogP contribution in [0.15, 0.2) is 24.3 Å². The second-order valence-electron chi connectivity index (χ2n) is 7.59. The summed E-state index contributed by atoms with van der Waals surface area (Å²) in [6.07, 6.45) is 3.88. The van der Waals surface area contributed by atoms with Gasteiger partial charge in [-0.15, -0.1) is 0 Å². The minimum absolute atomic E-state index is 0.103. The van der Waals surface area contributed by atoms with E-state index in [2.05, 4.69) is 15.1 Å². The van der Waals surface area contributed by atoms with Gasteiger partial charge >= 0.3 is 0 Å². The normalized spacial score (nSPS) is 23.0. The third-order valence-electron chi connectivity index (χ3n) is 5.54. The molecule has 6 nitrogen and oxygen atoms in total. The van der Waals surface area contributed by atoms with Gasteiger partial charge in [0.2, 0.25) is 5.91 Å². The largest absolute Gasteiger partial charge is 0.508 e. The number of phenols is 1. The lowest BCUT2D eigenvalue weighted by molar-refractivity contribution is -0.127. The van der Waals surface area contributed by atoms with Crippen molar-refractivity contribution in [2.45, 2.75) is 38.3 Å². The van der Waals surface area contributed by atoms with E-state index in [1.807, 2.05) is 18.2 Å². The molecule has 1 atom stereocenters. The van der Waals surface area contributed by atoms with Gasteiger partial charge in [-0.3, -0.25) is 9.69 Å². The van der Waals surface area contributed by atoms with Crippen LogP contribution in [-0.4, -0.2) is 71.3 Å². The molecule has 0 bridgehead atoms. The predicted molar refractivity (Wildman–Crippen MR) is 101 cm³/mol. The molecule has 0 aliphatic carbocycles. The number of piperidine rings is 2. The Morgan fingerprint density at radius 2 is 1.96 bits per heavy atom. The highest BCUT2D eigenvalue weighted by molar-refractivity contribution is 5.79. The summed E-state index contributed by atoms with van der Waals surface area (Å²) in [6, 6.07) is 7.61. The molecule has 3 N–H and O–H groups in total. The minimum Gasteiger partial charge on any atom is -0.508 e. The Labute approximate surface area is 155 Å². The van der Waals surface area contributed by atoms with Crippen molar-refractivity contribution in [3.05, 3.63) is 29.8 Å². The molecule has 2 aliphatic heterocycles.